The molecule has 2 rings (SSSR count). The fourth-order valence-electron chi connectivity index (χ4n) is 1.94. The molecule has 0 saturated heterocycles. The van der Waals surface area contributed by atoms with Crippen LogP contribution in [0.5, 0.6) is 0 Å². The molecular formula is C14H19N5O. The molecule has 1 aromatic carbocycles. The number of hydrogen-bond acceptors (Lipinski definition) is 4. The van der Waals surface area contributed by atoms with E-state index < -0.39 is 5.54 Å². The zero-order valence-electron chi connectivity index (χ0n) is 11.7. The number of carbonyl (C=O) groups is 1. The molecule has 3 N–H and O–H groups in total. The lowest BCUT2D eigenvalue weighted by molar-refractivity contribution is -0.126. The maximum atomic E-state index is 12.3. The number of rotatable bonds is 5. The van der Waals surface area contributed by atoms with E-state index in [0.717, 1.165) is 12.1 Å². The van der Waals surface area contributed by atoms with Gasteiger partial charge in [0.25, 0.3) is 0 Å². The van der Waals surface area contributed by atoms with Crippen LogP contribution in [0.1, 0.15) is 25.2 Å². The van der Waals surface area contributed by atoms with Crippen LogP contribution in [0.15, 0.2) is 36.7 Å². The number of nitrogens with two attached hydrogens (primary N) is 1. The molecule has 0 aliphatic carbocycles. The van der Waals surface area contributed by atoms with Crippen LogP contribution in [0, 0.1) is 0 Å². The molecule has 0 fully saturated rings. The summed E-state index contributed by atoms with van der Waals surface area (Å²) in [6.45, 7) is 4.76. The van der Waals surface area contributed by atoms with E-state index in [1.165, 1.54) is 0 Å². The Balaban J connectivity index is 2.05. The van der Waals surface area contributed by atoms with E-state index in [1.807, 2.05) is 41.8 Å². The van der Waals surface area contributed by atoms with Gasteiger partial charge in [-0.2, -0.15) is 0 Å². The Morgan fingerprint density at radius 1 is 1.40 bits per heavy atom. The van der Waals surface area contributed by atoms with E-state index in [0.29, 0.717) is 12.4 Å². The largest absolute Gasteiger partial charge is 0.347 e. The van der Waals surface area contributed by atoms with Crippen LogP contribution >= 0.6 is 0 Å². The van der Waals surface area contributed by atoms with Crippen molar-refractivity contribution in [2.45, 2.75) is 32.5 Å². The van der Waals surface area contributed by atoms with Gasteiger partial charge in [0.1, 0.15) is 11.9 Å². The average Bonchev–Trinajstić information content (AvgIpc) is 2.93. The van der Waals surface area contributed by atoms with Crippen molar-refractivity contribution in [3.63, 3.8) is 0 Å². The molecule has 6 nitrogen and oxygen atoms in total. The molecule has 1 aromatic heterocycles. The molecule has 0 aliphatic heterocycles. The van der Waals surface area contributed by atoms with Crippen LogP contribution in [0.3, 0.4) is 0 Å². The van der Waals surface area contributed by atoms with E-state index in [4.69, 9.17) is 5.73 Å². The first-order valence-electron chi connectivity index (χ1n) is 6.55. The van der Waals surface area contributed by atoms with Crippen LogP contribution in [-0.2, 0) is 23.4 Å². The van der Waals surface area contributed by atoms with E-state index in [-0.39, 0.29) is 5.91 Å². The van der Waals surface area contributed by atoms with Crippen molar-refractivity contribution in [3.05, 3.63) is 48.0 Å². The highest BCUT2D eigenvalue weighted by Gasteiger charge is 2.30. The highest BCUT2D eigenvalue weighted by Crippen LogP contribution is 2.17. The van der Waals surface area contributed by atoms with Crippen molar-refractivity contribution in [1.82, 2.24) is 20.1 Å². The zero-order chi connectivity index (χ0) is 14.6. The smallest absolute Gasteiger partial charge is 0.244 e. The van der Waals surface area contributed by atoms with Crippen LogP contribution in [-0.4, -0.2) is 20.7 Å². The maximum Gasteiger partial charge on any atom is 0.244 e. The lowest BCUT2D eigenvalue weighted by Crippen LogP contribution is -2.48. The fraction of sp³-hybridized carbons (Fsp3) is 0.357. The van der Waals surface area contributed by atoms with Gasteiger partial charge in [0.15, 0.2) is 5.82 Å². The molecule has 1 amide bonds. The summed E-state index contributed by atoms with van der Waals surface area (Å²) in [6, 6.07) is 9.30. The number of aryl methyl sites for hydroxylation is 1. The van der Waals surface area contributed by atoms with Gasteiger partial charge in [0.05, 0.1) is 6.54 Å². The molecule has 6 heteroatoms. The van der Waals surface area contributed by atoms with Gasteiger partial charge < -0.3 is 15.6 Å². The average molecular weight is 273 g/mol. The second kappa shape index (κ2) is 5.83. The molecule has 20 heavy (non-hydrogen) atoms. The predicted octanol–water partition coefficient (Wildman–Crippen LogP) is 0.788. The van der Waals surface area contributed by atoms with E-state index in [9.17, 15) is 4.79 Å². The molecule has 0 aliphatic rings. The zero-order valence-corrected chi connectivity index (χ0v) is 11.7. The Hall–Kier alpha value is -2.21. The van der Waals surface area contributed by atoms with Gasteiger partial charge in [-0.3, -0.25) is 4.79 Å². The number of amides is 1. The normalized spacial score (nSPS) is 13.8. The van der Waals surface area contributed by atoms with E-state index >= 15 is 0 Å². The van der Waals surface area contributed by atoms with Crippen LogP contribution in [0.4, 0.5) is 0 Å². The monoisotopic (exact) mass is 273 g/mol. The molecule has 1 heterocycles. The fourth-order valence-corrected chi connectivity index (χ4v) is 1.94. The van der Waals surface area contributed by atoms with Crippen molar-refractivity contribution in [2.24, 2.45) is 5.73 Å². The van der Waals surface area contributed by atoms with Crippen LogP contribution < -0.4 is 11.1 Å². The summed E-state index contributed by atoms with van der Waals surface area (Å²) in [5.41, 5.74) is 5.84. The number of nitrogens with one attached hydrogen (secondary N) is 1. The predicted molar refractivity (Wildman–Crippen MR) is 75.5 cm³/mol. The number of aromatic nitrogens is 3. The SMILES string of the molecule is CCn1cnnc1CNC(=O)C(C)(N)c1ccccc1. The first-order chi connectivity index (χ1) is 9.55. The van der Waals surface area contributed by atoms with Crippen molar-refractivity contribution >= 4 is 5.91 Å². The van der Waals surface area contributed by atoms with E-state index in [2.05, 4.69) is 15.5 Å². The summed E-state index contributed by atoms with van der Waals surface area (Å²) in [5.74, 6) is 0.471. The Bertz CT molecular complexity index is 576. The summed E-state index contributed by atoms with van der Waals surface area (Å²) in [7, 11) is 0. The lowest BCUT2D eigenvalue weighted by Gasteiger charge is -2.24. The van der Waals surface area contributed by atoms with Gasteiger partial charge in [-0.1, -0.05) is 30.3 Å². The van der Waals surface area contributed by atoms with Crippen LogP contribution in [0.2, 0.25) is 0 Å². The highest BCUT2D eigenvalue weighted by atomic mass is 16.2. The van der Waals surface area contributed by atoms with Crippen molar-refractivity contribution in [1.29, 1.82) is 0 Å². The van der Waals surface area contributed by atoms with Gasteiger partial charge in [0, 0.05) is 6.54 Å². The summed E-state index contributed by atoms with van der Waals surface area (Å²) in [4.78, 5) is 12.3. The van der Waals surface area contributed by atoms with Gasteiger partial charge >= 0.3 is 0 Å². The lowest BCUT2D eigenvalue weighted by atomic mass is 9.92. The number of hydrogen-bond donors (Lipinski definition) is 2. The van der Waals surface area contributed by atoms with Gasteiger partial charge in [-0.15, -0.1) is 10.2 Å². The van der Waals surface area contributed by atoms with Crippen molar-refractivity contribution in [3.8, 4) is 0 Å². The molecule has 106 valence electrons. The molecule has 0 spiro atoms. The first-order valence-corrected chi connectivity index (χ1v) is 6.55. The number of carbonyl (C=O) groups excluding carboxylic acids is 1. The highest BCUT2D eigenvalue weighted by molar-refractivity contribution is 5.86. The molecule has 0 bridgehead atoms. The minimum atomic E-state index is -1.07. The van der Waals surface area contributed by atoms with Gasteiger partial charge in [-0.25, -0.2) is 0 Å². The molecule has 0 radical (unpaired) electrons. The number of benzene rings is 1. The maximum absolute atomic E-state index is 12.3. The second-order valence-electron chi connectivity index (χ2n) is 4.78. The van der Waals surface area contributed by atoms with E-state index in [1.54, 1.807) is 13.3 Å². The summed E-state index contributed by atoms with van der Waals surface area (Å²) in [5, 5.41) is 10.6. The minimum Gasteiger partial charge on any atom is -0.347 e. The Kier molecular flexibility index (Phi) is 4.14. The standard InChI is InChI=1S/C14H19N5O/c1-3-19-10-17-18-12(19)9-16-13(20)14(2,15)11-7-5-4-6-8-11/h4-8,10H,3,9,15H2,1-2H3,(H,16,20). The van der Waals surface area contributed by atoms with Crippen molar-refractivity contribution < 1.29 is 4.79 Å². The molecular weight excluding hydrogens is 254 g/mol. The van der Waals surface area contributed by atoms with Crippen LogP contribution in [0.25, 0.3) is 0 Å². The third kappa shape index (κ3) is 2.85. The third-order valence-electron chi connectivity index (χ3n) is 3.29. The summed E-state index contributed by atoms with van der Waals surface area (Å²) < 4.78 is 1.87. The Labute approximate surface area is 118 Å². The molecule has 1 atom stereocenters. The van der Waals surface area contributed by atoms with Crippen molar-refractivity contribution in [2.75, 3.05) is 0 Å². The first kappa shape index (κ1) is 14.2. The quantitative estimate of drug-likeness (QED) is 0.843. The summed E-state index contributed by atoms with van der Waals surface area (Å²) >= 11 is 0. The molecule has 0 saturated carbocycles. The topological polar surface area (TPSA) is 85.8 Å². The minimum absolute atomic E-state index is 0.241. The van der Waals surface area contributed by atoms with Gasteiger partial charge in [0.2, 0.25) is 5.91 Å². The second-order valence-corrected chi connectivity index (χ2v) is 4.78. The number of nitrogens with zero attached hydrogens (tertiary/aromatic N) is 3. The third-order valence-corrected chi connectivity index (χ3v) is 3.29. The molecule has 1 unspecified atom stereocenters. The molecule has 2 aromatic rings. The van der Waals surface area contributed by atoms with Gasteiger partial charge in [-0.05, 0) is 19.4 Å². The Morgan fingerprint density at radius 2 is 2.10 bits per heavy atom. The Morgan fingerprint density at radius 3 is 2.75 bits per heavy atom. The summed E-state index contributed by atoms with van der Waals surface area (Å²) in [6.07, 6.45) is 1.64.